The summed E-state index contributed by atoms with van der Waals surface area (Å²) >= 11 is 0. The minimum absolute atomic E-state index is 0.0442. The van der Waals surface area contributed by atoms with Crippen LogP contribution in [0.2, 0.25) is 0 Å². The summed E-state index contributed by atoms with van der Waals surface area (Å²) in [5.74, 6) is -0.147. The molecule has 0 radical (unpaired) electrons. The van der Waals surface area contributed by atoms with Crippen LogP contribution in [0.15, 0.2) is 28.0 Å². The van der Waals surface area contributed by atoms with Gasteiger partial charge in [-0.1, -0.05) is 13.0 Å². The van der Waals surface area contributed by atoms with Gasteiger partial charge in [-0.2, -0.15) is 5.26 Å². The Kier molecular flexibility index (Phi) is 5.20. The van der Waals surface area contributed by atoms with E-state index in [0.717, 1.165) is 11.3 Å². The highest BCUT2D eigenvalue weighted by molar-refractivity contribution is 5.87. The topological polar surface area (TPSA) is 78.4 Å². The first-order valence-electron chi connectivity index (χ1n) is 7.88. The van der Waals surface area contributed by atoms with Crippen LogP contribution in [-0.2, 0) is 6.54 Å². The lowest BCUT2D eigenvalue weighted by Crippen LogP contribution is -2.25. The molecule has 24 heavy (non-hydrogen) atoms. The smallest absolute Gasteiger partial charge is 0.271 e. The molecule has 2 aromatic rings. The van der Waals surface area contributed by atoms with E-state index in [4.69, 9.17) is 0 Å². The van der Waals surface area contributed by atoms with Gasteiger partial charge in [-0.15, -0.1) is 0 Å². The number of nitriles is 1. The van der Waals surface area contributed by atoms with Gasteiger partial charge in [-0.05, 0) is 56.0 Å². The molecule has 0 atom stereocenters. The average molecular weight is 323 g/mol. The van der Waals surface area contributed by atoms with Crippen molar-refractivity contribution >= 4 is 11.9 Å². The highest BCUT2D eigenvalue weighted by Gasteiger charge is 2.17. The van der Waals surface area contributed by atoms with E-state index < -0.39 is 5.56 Å². The van der Waals surface area contributed by atoms with E-state index in [2.05, 4.69) is 4.99 Å². The molecule has 0 bridgehead atoms. The molecule has 0 unspecified atom stereocenters. The number of pyridine rings is 1. The number of aliphatic imine (C=N–C) groups is 1. The van der Waals surface area contributed by atoms with Crippen molar-refractivity contribution in [3.8, 4) is 11.9 Å². The lowest BCUT2D eigenvalue weighted by Gasteiger charge is -2.13. The third kappa shape index (κ3) is 3.23. The van der Waals surface area contributed by atoms with E-state index in [1.807, 2.05) is 45.0 Å². The monoisotopic (exact) mass is 323 g/mol. The Morgan fingerprint density at radius 3 is 2.58 bits per heavy atom. The number of benzene rings is 1. The fourth-order valence-corrected chi connectivity index (χ4v) is 2.50. The van der Waals surface area contributed by atoms with Gasteiger partial charge in [-0.25, -0.2) is 0 Å². The molecule has 1 N–H and O–H groups in total. The molecular weight excluding hydrogens is 302 g/mol. The lowest BCUT2D eigenvalue weighted by molar-refractivity contribution is 0.403. The van der Waals surface area contributed by atoms with Crippen molar-refractivity contribution in [2.24, 2.45) is 4.99 Å². The zero-order chi connectivity index (χ0) is 17.9. The Hall–Kier alpha value is -2.87. The fourth-order valence-electron chi connectivity index (χ4n) is 2.50. The van der Waals surface area contributed by atoms with Gasteiger partial charge in [0.15, 0.2) is 0 Å². The second kappa shape index (κ2) is 7.14. The van der Waals surface area contributed by atoms with E-state index in [9.17, 15) is 15.2 Å². The van der Waals surface area contributed by atoms with Crippen molar-refractivity contribution in [3.63, 3.8) is 0 Å². The molecule has 1 aromatic heterocycles. The molecule has 0 aliphatic heterocycles. The standard InChI is InChI=1S/C19H21N3O2/c1-5-8-22-18(23)16(10-20)14(4)17(19(22)24)11-21-15-7-6-12(2)13(3)9-15/h6-7,9,11,24H,5,8H2,1-4H3. The van der Waals surface area contributed by atoms with Gasteiger partial charge in [0, 0.05) is 12.8 Å². The van der Waals surface area contributed by atoms with Crippen molar-refractivity contribution in [3.05, 3.63) is 56.4 Å². The molecule has 0 saturated carbocycles. The first kappa shape index (κ1) is 17.5. The Balaban J connectivity index is 2.59. The van der Waals surface area contributed by atoms with Crippen LogP contribution in [0.25, 0.3) is 0 Å². The number of aromatic nitrogens is 1. The molecule has 0 amide bonds. The number of rotatable bonds is 4. The lowest BCUT2D eigenvalue weighted by atomic mass is 10.1. The molecule has 0 fully saturated rings. The molecule has 0 spiro atoms. The summed E-state index contributed by atoms with van der Waals surface area (Å²) in [6.45, 7) is 7.94. The number of aryl methyl sites for hydroxylation is 2. The summed E-state index contributed by atoms with van der Waals surface area (Å²) in [7, 11) is 0. The first-order valence-corrected chi connectivity index (χ1v) is 7.88. The van der Waals surface area contributed by atoms with E-state index >= 15 is 0 Å². The highest BCUT2D eigenvalue weighted by Crippen LogP contribution is 2.22. The Morgan fingerprint density at radius 1 is 1.29 bits per heavy atom. The summed E-state index contributed by atoms with van der Waals surface area (Å²) in [6, 6.07) is 7.76. The van der Waals surface area contributed by atoms with Gasteiger partial charge < -0.3 is 5.11 Å². The maximum Gasteiger partial charge on any atom is 0.271 e. The zero-order valence-corrected chi connectivity index (χ0v) is 14.4. The number of hydrogen-bond acceptors (Lipinski definition) is 4. The summed E-state index contributed by atoms with van der Waals surface area (Å²) in [5.41, 5.74) is 3.48. The maximum atomic E-state index is 12.3. The van der Waals surface area contributed by atoms with E-state index in [1.165, 1.54) is 16.3 Å². The van der Waals surface area contributed by atoms with Crippen molar-refractivity contribution in [1.29, 1.82) is 5.26 Å². The predicted octanol–water partition coefficient (Wildman–Crippen LogP) is 3.51. The molecule has 5 nitrogen and oxygen atoms in total. The fraction of sp³-hybridized carbons (Fsp3) is 0.316. The Bertz CT molecular complexity index is 902. The van der Waals surface area contributed by atoms with Crippen LogP contribution >= 0.6 is 0 Å². The van der Waals surface area contributed by atoms with E-state index in [1.54, 1.807) is 6.92 Å². The largest absolute Gasteiger partial charge is 0.494 e. The first-order chi connectivity index (χ1) is 11.4. The predicted molar refractivity (Wildman–Crippen MR) is 95.3 cm³/mol. The van der Waals surface area contributed by atoms with Gasteiger partial charge in [0.1, 0.15) is 11.6 Å². The molecule has 1 aromatic carbocycles. The van der Waals surface area contributed by atoms with Gasteiger partial charge >= 0.3 is 0 Å². The summed E-state index contributed by atoms with van der Waals surface area (Å²) in [4.78, 5) is 16.7. The molecule has 1 heterocycles. The molecular formula is C19H21N3O2. The Labute approximate surface area is 141 Å². The highest BCUT2D eigenvalue weighted by atomic mass is 16.3. The van der Waals surface area contributed by atoms with Gasteiger partial charge in [0.2, 0.25) is 5.88 Å². The van der Waals surface area contributed by atoms with Crippen LogP contribution in [0.3, 0.4) is 0 Å². The Morgan fingerprint density at radius 2 is 2.00 bits per heavy atom. The quantitative estimate of drug-likeness (QED) is 0.874. The van der Waals surface area contributed by atoms with Crippen molar-refractivity contribution in [2.45, 2.75) is 40.7 Å². The van der Waals surface area contributed by atoms with Crippen molar-refractivity contribution < 1.29 is 5.11 Å². The van der Waals surface area contributed by atoms with Crippen LogP contribution in [0.1, 0.15) is 41.2 Å². The van der Waals surface area contributed by atoms with Crippen LogP contribution in [0, 0.1) is 32.1 Å². The molecule has 0 aliphatic rings. The summed E-state index contributed by atoms with van der Waals surface area (Å²) < 4.78 is 1.23. The van der Waals surface area contributed by atoms with Crippen LogP contribution < -0.4 is 5.56 Å². The molecule has 0 saturated heterocycles. The van der Waals surface area contributed by atoms with Crippen molar-refractivity contribution in [2.75, 3.05) is 0 Å². The molecule has 124 valence electrons. The van der Waals surface area contributed by atoms with Gasteiger partial charge in [0.25, 0.3) is 5.56 Å². The van der Waals surface area contributed by atoms with Gasteiger partial charge in [-0.3, -0.25) is 14.4 Å². The second-order valence-corrected chi connectivity index (χ2v) is 5.83. The van der Waals surface area contributed by atoms with E-state index in [-0.39, 0.29) is 11.4 Å². The number of nitrogens with zero attached hydrogens (tertiary/aromatic N) is 3. The number of hydrogen-bond donors (Lipinski definition) is 1. The SMILES string of the molecule is CCCn1c(O)c(C=Nc2ccc(C)c(C)c2)c(C)c(C#N)c1=O. The van der Waals surface area contributed by atoms with Crippen LogP contribution in [0.5, 0.6) is 5.88 Å². The zero-order valence-electron chi connectivity index (χ0n) is 14.4. The average Bonchev–Trinajstić information content (AvgIpc) is 2.55. The minimum atomic E-state index is -0.460. The van der Waals surface area contributed by atoms with Crippen LogP contribution in [0.4, 0.5) is 5.69 Å². The van der Waals surface area contributed by atoms with Crippen LogP contribution in [-0.4, -0.2) is 15.9 Å². The van der Waals surface area contributed by atoms with Crippen molar-refractivity contribution in [1.82, 2.24) is 4.57 Å². The van der Waals surface area contributed by atoms with Gasteiger partial charge in [0.05, 0.1) is 11.3 Å². The third-order valence-electron chi connectivity index (χ3n) is 4.13. The number of aromatic hydroxyl groups is 1. The summed E-state index contributed by atoms with van der Waals surface area (Å²) in [5, 5.41) is 19.7. The molecule has 5 heteroatoms. The second-order valence-electron chi connectivity index (χ2n) is 5.83. The molecule has 0 aliphatic carbocycles. The summed E-state index contributed by atoms with van der Waals surface area (Å²) in [6.07, 6.45) is 2.19. The minimum Gasteiger partial charge on any atom is -0.494 e. The van der Waals surface area contributed by atoms with E-state index in [0.29, 0.717) is 24.1 Å². The molecule has 2 rings (SSSR count). The normalized spacial score (nSPS) is 11.0. The third-order valence-corrected chi connectivity index (χ3v) is 4.13. The maximum absolute atomic E-state index is 12.3.